The number of para-hydroxylation sites is 1. The van der Waals surface area contributed by atoms with Crippen LogP contribution in [0.3, 0.4) is 0 Å². The van der Waals surface area contributed by atoms with Gasteiger partial charge < -0.3 is 0 Å². The number of hydrogen-bond acceptors (Lipinski definition) is 4. The van der Waals surface area contributed by atoms with E-state index in [2.05, 4.69) is 9.98 Å². The summed E-state index contributed by atoms with van der Waals surface area (Å²) in [5, 5.41) is 0.287. The Kier molecular flexibility index (Phi) is 3.19. The minimum atomic E-state index is -3.60. The Morgan fingerprint density at radius 3 is 2.75 bits per heavy atom. The van der Waals surface area contributed by atoms with E-state index in [4.69, 9.17) is 11.6 Å². The summed E-state index contributed by atoms with van der Waals surface area (Å²) in [5.41, 5.74) is 1.07. The van der Waals surface area contributed by atoms with Crippen molar-refractivity contribution < 1.29 is 8.42 Å². The summed E-state index contributed by atoms with van der Waals surface area (Å²) in [6.07, 6.45) is 2.86. The molecular weight excluding hydrogens is 298 g/mol. The lowest BCUT2D eigenvalue weighted by molar-refractivity contribution is 0.521. The van der Waals surface area contributed by atoms with Crippen molar-refractivity contribution in [2.24, 2.45) is 4.99 Å². The van der Waals surface area contributed by atoms with E-state index in [0.717, 1.165) is 4.31 Å². The van der Waals surface area contributed by atoms with Gasteiger partial charge in [-0.25, -0.2) is 18.4 Å². The molecule has 0 saturated carbocycles. The number of aromatic nitrogens is 1. The van der Waals surface area contributed by atoms with E-state index in [-0.39, 0.29) is 16.6 Å². The van der Waals surface area contributed by atoms with Gasteiger partial charge in [0.1, 0.15) is 16.4 Å². The van der Waals surface area contributed by atoms with Crippen molar-refractivity contribution >= 4 is 33.7 Å². The molecule has 3 rings (SSSR count). The second kappa shape index (κ2) is 4.88. The molecule has 0 saturated heterocycles. The van der Waals surface area contributed by atoms with Crippen molar-refractivity contribution in [3.8, 4) is 0 Å². The molecule has 102 valence electrons. The Bertz CT molecular complexity index is 790. The third kappa shape index (κ3) is 2.17. The van der Waals surface area contributed by atoms with Gasteiger partial charge in [0.2, 0.25) is 0 Å². The number of fused-ring (bicyclic) bond motifs is 1. The molecule has 0 aliphatic carbocycles. The summed E-state index contributed by atoms with van der Waals surface area (Å²) in [7, 11) is -3.60. The molecule has 7 heteroatoms. The molecule has 5 nitrogen and oxygen atoms in total. The average molecular weight is 308 g/mol. The Morgan fingerprint density at radius 2 is 1.95 bits per heavy atom. The fourth-order valence-electron chi connectivity index (χ4n) is 1.93. The molecule has 1 aliphatic rings. The molecule has 20 heavy (non-hydrogen) atoms. The third-order valence-corrected chi connectivity index (χ3v) is 5.02. The fraction of sp³-hybridized carbons (Fsp3) is 0.0769. The number of hydrogen-bond donors (Lipinski definition) is 0. The fourth-order valence-corrected chi connectivity index (χ4v) is 3.48. The van der Waals surface area contributed by atoms with Gasteiger partial charge in [0, 0.05) is 11.8 Å². The molecule has 1 aliphatic heterocycles. The number of rotatable bonds is 2. The lowest BCUT2D eigenvalue weighted by Gasteiger charge is -2.24. The zero-order chi connectivity index (χ0) is 14.2. The van der Waals surface area contributed by atoms with Crippen LogP contribution in [0.4, 0.5) is 5.69 Å². The number of nitrogens with zero attached hydrogens (tertiary/aromatic N) is 3. The Balaban J connectivity index is 2.00. The topological polar surface area (TPSA) is 62.6 Å². The normalized spacial score (nSPS) is 15.9. The van der Waals surface area contributed by atoms with Crippen LogP contribution in [0.15, 0.2) is 52.5 Å². The first kappa shape index (κ1) is 13.1. The zero-order valence-corrected chi connectivity index (χ0v) is 11.8. The van der Waals surface area contributed by atoms with Gasteiger partial charge in [-0.15, -0.1) is 0 Å². The summed E-state index contributed by atoms with van der Waals surface area (Å²) in [5.74, 6) is 0. The highest BCUT2D eigenvalue weighted by atomic mass is 35.5. The Morgan fingerprint density at radius 1 is 1.15 bits per heavy atom. The van der Waals surface area contributed by atoms with Gasteiger partial charge in [-0.1, -0.05) is 29.8 Å². The van der Waals surface area contributed by atoms with Gasteiger partial charge >= 0.3 is 0 Å². The van der Waals surface area contributed by atoms with Crippen molar-refractivity contribution in [1.82, 2.24) is 9.29 Å². The van der Waals surface area contributed by atoms with Gasteiger partial charge in [0.25, 0.3) is 10.0 Å². The summed E-state index contributed by atoms with van der Waals surface area (Å²) in [4.78, 5) is 8.29. The van der Waals surface area contributed by atoms with Crippen molar-refractivity contribution in [3.05, 3.63) is 53.3 Å². The molecule has 0 N–H and O–H groups in total. The maximum atomic E-state index is 12.5. The van der Waals surface area contributed by atoms with Crippen molar-refractivity contribution in [2.75, 3.05) is 0 Å². The van der Waals surface area contributed by atoms with Crippen molar-refractivity contribution in [2.45, 2.75) is 11.4 Å². The van der Waals surface area contributed by atoms with Crippen LogP contribution >= 0.6 is 11.6 Å². The van der Waals surface area contributed by atoms with E-state index >= 15 is 0 Å². The number of benzene rings is 1. The highest BCUT2D eigenvalue weighted by molar-refractivity contribution is 7.89. The molecule has 0 atom stereocenters. The second-order valence-electron chi connectivity index (χ2n) is 4.22. The van der Waals surface area contributed by atoms with Gasteiger partial charge in [-0.05, 0) is 18.2 Å². The smallest absolute Gasteiger partial charge is 0.252 e. The van der Waals surface area contributed by atoms with Crippen LogP contribution in [0.5, 0.6) is 0 Å². The molecule has 1 aromatic heterocycles. The molecule has 2 heterocycles. The average Bonchev–Trinajstić information content (AvgIpc) is 2.44. The molecule has 0 fully saturated rings. The molecule has 0 amide bonds. The van der Waals surface area contributed by atoms with Crippen LogP contribution in [0.25, 0.3) is 0 Å². The van der Waals surface area contributed by atoms with Crippen molar-refractivity contribution in [3.63, 3.8) is 0 Å². The molecule has 0 bridgehead atoms. The summed E-state index contributed by atoms with van der Waals surface area (Å²) >= 11 is 5.96. The van der Waals surface area contributed by atoms with Gasteiger partial charge in [-0.3, -0.25) is 4.31 Å². The van der Waals surface area contributed by atoms with Crippen LogP contribution in [0.1, 0.15) is 5.56 Å². The monoisotopic (exact) mass is 307 g/mol. The van der Waals surface area contributed by atoms with E-state index in [1.165, 1.54) is 6.34 Å². The highest BCUT2D eigenvalue weighted by Crippen LogP contribution is 2.31. The first-order valence-electron chi connectivity index (χ1n) is 5.83. The van der Waals surface area contributed by atoms with Gasteiger partial charge in [-0.2, -0.15) is 0 Å². The second-order valence-corrected chi connectivity index (χ2v) is 6.43. The zero-order valence-electron chi connectivity index (χ0n) is 10.3. The number of sulfonamides is 1. The quantitative estimate of drug-likeness (QED) is 0.801. The Labute approximate surface area is 121 Å². The molecule has 0 spiro atoms. The summed E-state index contributed by atoms with van der Waals surface area (Å²) in [6.45, 7) is 0.104. The van der Waals surface area contributed by atoms with Crippen LogP contribution in [-0.2, 0) is 16.6 Å². The highest BCUT2D eigenvalue weighted by Gasteiger charge is 2.28. The maximum absolute atomic E-state index is 12.5. The van der Waals surface area contributed by atoms with E-state index in [1.807, 2.05) is 0 Å². The van der Waals surface area contributed by atoms with Crippen LogP contribution < -0.4 is 0 Å². The SMILES string of the molecule is O=S1(=O)c2ccccc2N=CN1Cc1cccnc1Cl. The van der Waals surface area contributed by atoms with E-state index in [0.29, 0.717) is 11.3 Å². The van der Waals surface area contributed by atoms with Crippen LogP contribution in [0, 0.1) is 0 Å². The maximum Gasteiger partial charge on any atom is 0.267 e. The summed E-state index contributed by atoms with van der Waals surface area (Å²) < 4.78 is 26.1. The van der Waals surface area contributed by atoms with Gasteiger partial charge in [0.05, 0.1) is 12.2 Å². The first-order chi connectivity index (χ1) is 9.59. The molecule has 0 unspecified atom stereocenters. The third-order valence-electron chi connectivity index (χ3n) is 2.94. The Hall–Kier alpha value is -1.92. The van der Waals surface area contributed by atoms with Gasteiger partial charge in [0.15, 0.2) is 0 Å². The first-order valence-corrected chi connectivity index (χ1v) is 7.65. The molecular formula is C13H10ClN3O2S. The number of halogens is 1. The lowest BCUT2D eigenvalue weighted by atomic mass is 10.3. The number of aliphatic imine (C=N–C) groups is 1. The van der Waals surface area contributed by atoms with Crippen molar-refractivity contribution in [1.29, 1.82) is 0 Å². The predicted octanol–water partition coefficient (Wildman–Crippen LogP) is 2.60. The van der Waals surface area contributed by atoms with Crippen LogP contribution in [-0.4, -0.2) is 24.0 Å². The van der Waals surface area contributed by atoms with E-state index in [9.17, 15) is 8.42 Å². The lowest BCUT2D eigenvalue weighted by Crippen LogP contribution is -2.31. The largest absolute Gasteiger partial charge is 0.267 e. The van der Waals surface area contributed by atoms with Crippen LogP contribution in [0.2, 0.25) is 5.15 Å². The van der Waals surface area contributed by atoms with E-state index in [1.54, 1.807) is 42.6 Å². The predicted molar refractivity (Wildman–Crippen MR) is 76.6 cm³/mol. The number of pyridine rings is 1. The minimum Gasteiger partial charge on any atom is -0.252 e. The molecule has 0 radical (unpaired) electrons. The minimum absolute atomic E-state index is 0.104. The molecule has 1 aromatic carbocycles. The standard InChI is InChI=1S/C13H10ClN3O2S/c14-13-10(4-3-7-15-13)8-17-9-16-11-5-1-2-6-12(11)20(17,18)19/h1-7,9H,8H2. The van der Waals surface area contributed by atoms with E-state index < -0.39 is 10.0 Å². The summed E-state index contributed by atoms with van der Waals surface area (Å²) in [6, 6.07) is 10.1. The molecule has 2 aromatic rings.